The summed E-state index contributed by atoms with van der Waals surface area (Å²) in [5.74, 6) is 1.18. The summed E-state index contributed by atoms with van der Waals surface area (Å²) in [6.07, 6.45) is 0. The van der Waals surface area contributed by atoms with Crippen molar-refractivity contribution in [2.24, 2.45) is 0 Å². The Labute approximate surface area is 255 Å². The molecule has 4 heteroatoms. The summed E-state index contributed by atoms with van der Waals surface area (Å²) >= 11 is 0. The molecule has 0 aliphatic heterocycles. The summed E-state index contributed by atoms with van der Waals surface area (Å²) in [7, 11) is 0. The lowest BCUT2D eigenvalue weighted by molar-refractivity contribution is 0.953. The topological polar surface area (TPSA) is 43.6 Å². The number of para-hydroxylation sites is 1. The number of nitrogens with zero attached hydrogens (tertiary/aromatic N) is 4. The maximum atomic E-state index is 9.02. The average Bonchev–Trinajstić information content (AvgIpc) is 3.49. The Morgan fingerprint density at radius 3 is 1.51 bits per heavy atom. The van der Waals surface area contributed by atoms with Crippen molar-refractivity contribution in [3.63, 3.8) is 0 Å². The fourth-order valence-corrected chi connectivity index (χ4v) is 5.49. The third-order valence-electron chi connectivity index (χ3n) is 7.61. The quantitative estimate of drug-likeness (QED) is 0.213. The van der Waals surface area contributed by atoms with Gasteiger partial charge in [0.15, 0.2) is 11.6 Å². The lowest BCUT2D eigenvalue weighted by Crippen LogP contribution is -2.06. The number of fused-ring (bicyclic) bond motifs is 3. The van der Waals surface area contributed by atoms with Gasteiger partial charge in [0.1, 0.15) is 0 Å². The van der Waals surface area contributed by atoms with Gasteiger partial charge in [-0.05, 0) is 40.4 Å². The smallest absolute Gasteiger partial charge is 0.238 e. The van der Waals surface area contributed by atoms with Crippen LogP contribution in [0.3, 0.4) is 0 Å². The van der Waals surface area contributed by atoms with Crippen molar-refractivity contribution in [2.45, 2.75) is 0 Å². The maximum absolute atomic E-state index is 9.02. The summed E-state index contributed by atoms with van der Waals surface area (Å²) in [5.41, 5.74) is 6.75. The van der Waals surface area contributed by atoms with Gasteiger partial charge in [-0.25, -0.2) is 4.98 Å². The second-order valence-corrected chi connectivity index (χ2v) is 10.2. The van der Waals surface area contributed by atoms with Gasteiger partial charge >= 0.3 is 0 Å². The Morgan fingerprint density at radius 2 is 0.907 bits per heavy atom. The molecule has 202 valence electrons. The van der Waals surface area contributed by atoms with Gasteiger partial charge in [-0.15, -0.1) is 0 Å². The van der Waals surface area contributed by atoms with Gasteiger partial charge in [0.05, 0.1) is 16.5 Å². The number of rotatable bonds is 5. The van der Waals surface area contributed by atoms with Gasteiger partial charge in [0, 0.05) is 21.9 Å². The van der Waals surface area contributed by atoms with Crippen LogP contribution >= 0.6 is 0 Å². The predicted octanol–water partition coefficient (Wildman–Crippen LogP) is 9.64. The highest BCUT2D eigenvalue weighted by Gasteiger charge is 2.18. The summed E-state index contributed by atoms with van der Waals surface area (Å²) < 4.78 is 36.8. The molecule has 0 spiro atoms. The van der Waals surface area contributed by atoms with E-state index in [-0.39, 0.29) is 30.1 Å². The molecule has 8 aromatic rings. The molecule has 0 unspecified atom stereocenters. The molecule has 0 N–H and O–H groups in total. The van der Waals surface area contributed by atoms with E-state index in [1.165, 1.54) is 0 Å². The molecule has 2 aromatic heterocycles. The Morgan fingerprint density at radius 1 is 0.419 bits per heavy atom. The molecule has 0 aliphatic rings. The first-order valence-electron chi connectivity index (χ1n) is 16.1. The number of hydrogen-bond acceptors (Lipinski definition) is 3. The summed E-state index contributed by atoms with van der Waals surface area (Å²) in [6.45, 7) is 0. The molecule has 4 nitrogen and oxygen atoms in total. The van der Waals surface area contributed by atoms with E-state index in [1.54, 1.807) is 4.57 Å². The first-order valence-corrected chi connectivity index (χ1v) is 14.1. The first-order chi connectivity index (χ1) is 23.0. The Kier molecular flexibility index (Phi) is 5.11. The van der Waals surface area contributed by atoms with Crippen molar-refractivity contribution < 1.29 is 5.48 Å². The van der Waals surface area contributed by atoms with E-state index < -0.39 is 0 Å². The number of hydrogen-bond donors (Lipinski definition) is 0. The summed E-state index contributed by atoms with van der Waals surface area (Å²) in [5, 5.41) is 1.09. The van der Waals surface area contributed by atoms with Crippen LogP contribution in [0.25, 0.3) is 72.8 Å². The lowest BCUT2D eigenvalue weighted by Gasteiger charge is -2.11. The number of benzene rings is 6. The third kappa shape index (κ3) is 4.55. The van der Waals surface area contributed by atoms with E-state index in [4.69, 9.17) is 20.4 Å². The largest absolute Gasteiger partial charge is 0.278 e. The molecule has 43 heavy (non-hydrogen) atoms. The molecule has 0 bridgehead atoms. The van der Waals surface area contributed by atoms with Crippen molar-refractivity contribution in [2.75, 3.05) is 0 Å². The number of aromatic nitrogens is 4. The second-order valence-electron chi connectivity index (χ2n) is 10.2. The molecule has 0 saturated heterocycles. The van der Waals surface area contributed by atoms with Crippen LogP contribution in [0.5, 0.6) is 0 Å². The monoisotopic (exact) mass is 554 g/mol. The minimum Gasteiger partial charge on any atom is -0.278 e. The molecule has 0 atom stereocenters. The molecule has 0 fully saturated rings. The molecule has 2 heterocycles. The van der Waals surface area contributed by atoms with Crippen LogP contribution in [-0.2, 0) is 0 Å². The van der Waals surface area contributed by atoms with Crippen LogP contribution in [0.2, 0.25) is 0 Å². The van der Waals surface area contributed by atoms with E-state index in [9.17, 15) is 0 Å². The molecule has 0 amide bonds. The zero-order valence-corrected chi connectivity index (χ0v) is 23.0. The van der Waals surface area contributed by atoms with Crippen LogP contribution in [0.15, 0.2) is 158 Å². The minimum absolute atomic E-state index is 0.109. The molecule has 0 radical (unpaired) electrons. The van der Waals surface area contributed by atoms with Crippen molar-refractivity contribution in [3.05, 3.63) is 158 Å². The predicted molar refractivity (Wildman–Crippen MR) is 176 cm³/mol. The lowest BCUT2D eigenvalue weighted by atomic mass is 9.99. The first kappa shape index (κ1) is 20.9. The fraction of sp³-hybridized carbons (Fsp3) is 0. The van der Waals surface area contributed by atoms with Crippen molar-refractivity contribution >= 4 is 21.8 Å². The van der Waals surface area contributed by atoms with E-state index in [1.807, 2.05) is 97.1 Å². The maximum Gasteiger partial charge on any atom is 0.238 e. The Hall–Kier alpha value is -5.87. The molecule has 0 aliphatic carbocycles. The van der Waals surface area contributed by atoms with Crippen molar-refractivity contribution in [1.29, 1.82) is 0 Å². The highest BCUT2D eigenvalue weighted by molar-refractivity contribution is 6.10. The van der Waals surface area contributed by atoms with Gasteiger partial charge < -0.3 is 0 Å². The van der Waals surface area contributed by atoms with Crippen LogP contribution in [0, 0.1) is 0 Å². The van der Waals surface area contributed by atoms with Gasteiger partial charge in [0.2, 0.25) is 5.95 Å². The molecule has 8 rings (SSSR count). The third-order valence-corrected chi connectivity index (χ3v) is 7.61. The summed E-state index contributed by atoms with van der Waals surface area (Å²) in [4.78, 5) is 14.6. The highest BCUT2D eigenvalue weighted by atomic mass is 15.2. The molecule has 0 saturated carbocycles. The van der Waals surface area contributed by atoms with Crippen LogP contribution in [0.4, 0.5) is 0 Å². The zero-order valence-electron chi connectivity index (χ0n) is 27.0. The fourth-order valence-electron chi connectivity index (χ4n) is 5.49. The highest BCUT2D eigenvalue weighted by Crippen LogP contribution is 2.35. The van der Waals surface area contributed by atoms with Gasteiger partial charge in [-0.3, -0.25) is 4.57 Å². The van der Waals surface area contributed by atoms with E-state index in [2.05, 4.69) is 36.4 Å². The average molecular weight is 555 g/mol. The van der Waals surface area contributed by atoms with Gasteiger partial charge in [-0.2, -0.15) is 9.97 Å². The zero-order chi connectivity index (χ0) is 32.1. The Bertz CT molecular complexity index is 2370. The van der Waals surface area contributed by atoms with E-state index in [0.717, 1.165) is 33.4 Å². The van der Waals surface area contributed by atoms with E-state index in [0.29, 0.717) is 33.5 Å². The molecular weight excluding hydrogens is 524 g/mol. The van der Waals surface area contributed by atoms with Gasteiger partial charge in [-0.1, -0.05) is 139 Å². The standard InChI is InChI=1S/C39H26N4/c1-4-12-27(13-5-1)28-20-22-29(23-21-28)32-24-25-36-34(26-32)33-18-10-11-19-35(33)43(36)39-41-37(30-14-6-2-7-15-30)40-38(42-39)31-16-8-3-9-17-31/h1-26H/i10D,11D,18D,19D. The molecule has 6 aromatic carbocycles. The van der Waals surface area contributed by atoms with Crippen LogP contribution in [0.1, 0.15) is 5.48 Å². The normalized spacial score (nSPS) is 12.6. The van der Waals surface area contributed by atoms with Crippen molar-refractivity contribution in [1.82, 2.24) is 19.5 Å². The van der Waals surface area contributed by atoms with E-state index >= 15 is 0 Å². The minimum atomic E-state index is -0.316. The van der Waals surface area contributed by atoms with Gasteiger partial charge in [0.25, 0.3) is 0 Å². The van der Waals surface area contributed by atoms with Crippen LogP contribution < -0.4 is 0 Å². The summed E-state index contributed by atoms with van der Waals surface area (Å²) in [6, 6.07) is 42.9. The van der Waals surface area contributed by atoms with Crippen LogP contribution in [-0.4, -0.2) is 19.5 Å². The second kappa shape index (κ2) is 10.5. The molecular formula is C39H26N4. The Balaban J connectivity index is 1.39. The van der Waals surface area contributed by atoms with Crippen molar-refractivity contribution in [3.8, 4) is 51.0 Å². The SMILES string of the molecule is [2H]c1c([2H])c([2H])c2c(c1[2H])c1cc(-c3ccc(-c4ccccc4)cc3)ccc1n2-c1nc(-c2ccccc2)nc(-c2ccccc2)n1.